The van der Waals surface area contributed by atoms with Crippen LogP contribution in [0.1, 0.15) is 27.6 Å². The fourth-order valence-electron chi connectivity index (χ4n) is 1.96. The number of carbonyl (C=O) groups is 2. The number of primary amides is 1. The molecule has 0 radical (unpaired) electrons. The van der Waals surface area contributed by atoms with Gasteiger partial charge in [0.05, 0.1) is 23.4 Å². The number of amides is 2. The SMILES string of the molecule is CCOc1ccc(Br)cc1C(=O)Nc1ccccc1C(N)=O. The molecule has 2 aromatic rings. The molecule has 0 heterocycles. The number of carbonyl (C=O) groups excluding carboxylic acids is 2. The van der Waals surface area contributed by atoms with Gasteiger partial charge >= 0.3 is 0 Å². The Bertz CT molecular complexity index is 716. The molecule has 0 atom stereocenters. The number of ether oxygens (including phenoxy) is 1. The summed E-state index contributed by atoms with van der Waals surface area (Å²) in [4.78, 5) is 23.9. The topological polar surface area (TPSA) is 81.4 Å². The second-order valence-corrected chi connectivity index (χ2v) is 5.35. The molecule has 0 spiro atoms. The van der Waals surface area contributed by atoms with Gasteiger partial charge in [-0.25, -0.2) is 0 Å². The minimum Gasteiger partial charge on any atom is -0.493 e. The molecule has 6 heteroatoms. The second kappa shape index (κ2) is 7.09. The van der Waals surface area contributed by atoms with Crippen molar-refractivity contribution in [3.05, 3.63) is 58.1 Å². The Morgan fingerprint density at radius 2 is 1.91 bits per heavy atom. The normalized spacial score (nSPS) is 10.1. The third kappa shape index (κ3) is 3.65. The van der Waals surface area contributed by atoms with Gasteiger partial charge in [0.25, 0.3) is 11.8 Å². The number of para-hydroxylation sites is 1. The molecule has 0 aliphatic rings. The third-order valence-electron chi connectivity index (χ3n) is 2.93. The van der Waals surface area contributed by atoms with E-state index in [1.54, 1.807) is 42.5 Å². The number of nitrogens with one attached hydrogen (secondary N) is 1. The molecule has 0 aromatic heterocycles. The Morgan fingerprint density at radius 1 is 1.18 bits per heavy atom. The van der Waals surface area contributed by atoms with Gasteiger partial charge in [0.1, 0.15) is 5.75 Å². The fourth-order valence-corrected chi connectivity index (χ4v) is 2.32. The van der Waals surface area contributed by atoms with Crippen LogP contribution in [-0.2, 0) is 0 Å². The lowest BCUT2D eigenvalue weighted by molar-refractivity contribution is 0.100. The summed E-state index contributed by atoms with van der Waals surface area (Å²) in [6.07, 6.45) is 0. The highest BCUT2D eigenvalue weighted by atomic mass is 79.9. The van der Waals surface area contributed by atoms with E-state index in [1.807, 2.05) is 6.92 Å². The molecule has 0 fully saturated rings. The molecule has 0 saturated carbocycles. The number of halogens is 1. The van der Waals surface area contributed by atoms with Crippen molar-refractivity contribution >= 4 is 33.4 Å². The number of benzene rings is 2. The first-order chi connectivity index (χ1) is 10.5. The maximum Gasteiger partial charge on any atom is 0.259 e. The Hall–Kier alpha value is -2.34. The zero-order valence-corrected chi connectivity index (χ0v) is 13.5. The lowest BCUT2D eigenvalue weighted by Crippen LogP contribution is -2.18. The summed E-state index contributed by atoms with van der Waals surface area (Å²) >= 11 is 3.33. The van der Waals surface area contributed by atoms with Crippen molar-refractivity contribution in [2.45, 2.75) is 6.92 Å². The smallest absolute Gasteiger partial charge is 0.259 e. The summed E-state index contributed by atoms with van der Waals surface area (Å²) in [5.74, 6) is -0.506. The van der Waals surface area contributed by atoms with Crippen LogP contribution in [0.2, 0.25) is 0 Å². The quantitative estimate of drug-likeness (QED) is 0.856. The summed E-state index contributed by atoms with van der Waals surface area (Å²) in [5.41, 5.74) is 6.30. The zero-order valence-electron chi connectivity index (χ0n) is 11.9. The van der Waals surface area contributed by atoms with Gasteiger partial charge in [0.15, 0.2) is 0 Å². The number of rotatable bonds is 5. The van der Waals surface area contributed by atoms with E-state index in [1.165, 1.54) is 0 Å². The van der Waals surface area contributed by atoms with Crippen molar-refractivity contribution in [1.82, 2.24) is 0 Å². The van der Waals surface area contributed by atoms with E-state index >= 15 is 0 Å². The molecule has 0 aliphatic heterocycles. The van der Waals surface area contributed by atoms with Gasteiger partial charge in [-0.3, -0.25) is 9.59 Å². The van der Waals surface area contributed by atoms with E-state index in [2.05, 4.69) is 21.2 Å². The van der Waals surface area contributed by atoms with Crippen molar-refractivity contribution < 1.29 is 14.3 Å². The average Bonchev–Trinajstić information content (AvgIpc) is 2.49. The first-order valence-corrected chi connectivity index (χ1v) is 7.44. The van der Waals surface area contributed by atoms with Crippen molar-refractivity contribution in [1.29, 1.82) is 0 Å². The molecule has 0 saturated heterocycles. The van der Waals surface area contributed by atoms with Gasteiger partial charge in [-0.05, 0) is 37.3 Å². The molecule has 3 N–H and O–H groups in total. The van der Waals surface area contributed by atoms with Crippen LogP contribution in [0.25, 0.3) is 0 Å². The molecule has 22 heavy (non-hydrogen) atoms. The Morgan fingerprint density at radius 3 is 2.59 bits per heavy atom. The van der Waals surface area contributed by atoms with Crippen LogP contribution in [0.3, 0.4) is 0 Å². The monoisotopic (exact) mass is 362 g/mol. The molecule has 0 bridgehead atoms. The molecule has 5 nitrogen and oxygen atoms in total. The Kier molecular flexibility index (Phi) is 5.16. The van der Waals surface area contributed by atoms with E-state index in [9.17, 15) is 9.59 Å². The van der Waals surface area contributed by atoms with Gasteiger partial charge in [0, 0.05) is 4.47 Å². The van der Waals surface area contributed by atoms with E-state index in [0.29, 0.717) is 23.6 Å². The summed E-state index contributed by atoms with van der Waals surface area (Å²) < 4.78 is 6.21. The van der Waals surface area contributed by atoms with Crippen LogP contribution in [0, 0.1) is 0 Å². The fraction of sp³-hybridized carbons (Fsp3) is 0.125. The van der Waals surface area contributed by atoms with E-state index in [-0.39, 0.29) is 11.5 Å². The minimum atomic E-state index is -0.602. The molecular weight excluding hydrogens is 348 g/mol. The predicted octanol–water partition coefficient (Wildman–Crippen LogP) is 3.20. The zero-order chi connectivity index (χ0) is 16.1. The van der Waals surface area contributed by atoms with Crippen molar-refractivity contribution in [2.75, 3.05) is 11.9 Å². The van der Waals surface area contributed by atoms with Crippen molar-refractivity contribution in [2.24, 2.45) is 5.73 Å². The summed E-state index contributed by atoms with van der Waals surface area (Å²) in [7, 11) is 0. The Balaban J connectivity index is 2.34. The third-order valence-corrected chi connectivity index (χ3v) is 3.42. The highest BCUT2D eigenvalue weighted by Crippen LogP contribution is 2.25. The lowest BCUT2D eigenvalue weighted by atomic mass is 10.1. The molecular formula is C16H15BrN2O3. The molecule has 0 unspecified atom stereocenters. The molecule has 2 aromatic carbocycles. The van der Waals surface area contributed by atoms with Gasteiger partial charge in [-0.15, -0.1) is 0 Å². The van der Waals surface area contributed by atoms with Crippen LogP contribution in [-0.4, -0.2) is 18.4 Å². The van der Waals surface area contributed by atoms with E-state index < -0.39 is 5.91 Å². The van der Waals surface area contributed by atoms with Crippen LogP contribution in [0.15, 0.2) is 46.9 Å². The van der Waals surface area contributed by atoms with E-state index in [0.717, 1.165) is 4.47 Å². The molecule has 114 valence electrons. The van der Waals surface area contributed by atoms with Crippen LogP contribution in [0.4, 0.5) is 5.69 Å². The largest absolute Gasteiger partial charge is 0.493 e. The maximum atomic E-state index is 12.5. The highest BCUT2D eigenvalue weighted by Gasteiger charge is 2.16. The first-order valence-electron chi connectivity index (χ1n) is 6.65. The van der Waals surface area contributed by atoms with E-state index in [4.69, 9.17) is 10.5 Å². The summed E-state index contributed by atoms with van der Waals surface area (Å²) in [6, 6.07) is 11.7. The number of nitrogens with two attached hydrogens (primary N) is 1. The van der Waals surface area contributed by atoms with Gasteiger partial charge in [-0.1, -0.05) is 28.1 Å². The summed E-state index contributed by atoms with van der Waals surface area (Å²) in [6.45, 7) is 2.28. The molecule has 0 aliphatic carbocycles. The van der Waals surface area contributed by atoms with Crippen LogP contribution >= 0.6 is 15.9 Å². The number of hydrogen-bond donors (Lipinski definition) is 2. The average molecular weight is 363 g/mol. The van der Waals surface area contributed by atoms with Gasteiger partial charge < -0.3 is 15.8 Å². The van der Waals surface area contributed by atoms with Crippen LogP contribution in [0.5, 0.6) is 5.75 Å². The van der Waals surface area contributed by atoms with Crippen molar-refractivity contribution in [3.8, 4) is 5.75 Å². The first kappa shape index (κ1) is 16.0. The standard InChI is InChI=1S/C16H15BrN2O3/c1-2-22-14-8-7-10(17)9-12(14)16(21)19-13-6-4-3-5-11(13)15(18)20/h3-9H,2H2,1H3,(H2,18,20)(H,19,21). The number of anilines is 1. The van der Waals surface area contributed by atoms with Crippen molar-refractivity contribution in [3.63, 3.8) is 0 Å². The molecule has 2 rings (SSSR count). The van der Waals surface area contributed by atoms with Gasteiger partial charge in [-0.2, -0.15) is 0 Å². The second-order valence-electron chi connectivity index (χ2n) is 4.44. The van der Waals surface area contributed by atoms with Gasteiger partial charge in [0.2, 0.25) is 0 Å². The van der Waals surface area contributed by atoms with Crippen LogP contribution < -0.4 is 15.8 Å². The minimum absolute atomic E-state index is 0.254. The Labute approximate surface area is 136 Å². The highest BCUT2D eigenvalue weighted by molar-refractivity contribution is 9.10. The maximum absolute atomic E-state index is 12.5. The lowest BCUT2D eigenvalue weighted by Gasteiger charge is -2.12. The number of hydrogen-bond acceptors (Lipinski definition) is 3. The molecule has 2 amide bonds. The summed E-state index contributed by atoms with van der Waals surface area (Å²) in [5, 5.41) is 2.69. The predicted molar refractivity (Wildman–Crippen MR) is 88.2 cm³/mol.